The van der Waals surface area contributed by atoms with Crippen molar-refractivity contribution in [1.82, 2.24) is 10.6 Å². The van der Waals surface area contributed by atoms with Crippen molar-refractivity contribution in [3.05, 3.63) is 52.9 Å². The Bertz CT molecular complexity index is 675. The molecule has 0 unspecified atom stereocenters. The molecule has 0 aliphatic rings. The normalized spacial score (nSPS) is 11.4. The number of hydrogen-bond acceptors (Lipinski definition) is 4. The monoisotopic (exact) mass is 379 g/mol. The van der Waals surface area contributed by atoms with Crippen LogP contribution in [0.2, 0.25) is 5.02 Å². The van der Waals surface area contributed by atoms with E-state index in [2.05, 4.69) is 15.6 Å². The van der Waals surface area contributed by atoms with E-state index in [1.165, 1.54) is 0 Å². The molecular formula is C19H26ClN3O3. The molecule has 2 rings (SSSR count). The topological polar surface area (TPSA) is 68.0 Å². The van der Waals surface area contributed by atoms with Gasteiger partial charge in [-0.05, 0) is 37.6 Å². The number of methoxy groups -OCH3 is 1. The molecular weight excluding hydrogens is 354 g/mol. The quantitative estimate of drug-likeness (QED) is 0.375. The van der Waals surface area contributed by atoms with Crippen LogP contribution in [0, 0.1) is 0 Å². The number of furan rings is 1. The number of benzene rings is 1. The third-order valence-electron chi connectivity index (χ3n) is 3.58. The van der Waals surface area contributed by atoms with Crippen LogP contribution in [-0.2, 0) is 17.9 Å². The third-order valence-corrected chi connectivity index (χ3v) is 3.82. The minimum atomic E-state index is 0.498. The van der Waals surface area contributed by atoms with Gasteiger partial charge in [-0.15, -0.1) is 0 Å². The lowest BCUT2D eigenvalue weighted by atomic mass is 10.2. The van der Waals surface area contributed by atoms with Crippen LogP contribution in [0.25, 0.3) is 0 Å². The maximum atomic E-state index is 5.99. The lowest BCUT2D eigenvalue weighted by Crippen LogP contribution is -2.38. The van der Waals surface area contributed by atoms with Gasteiger partial charge in [-0.3, -0.25) is 0 Å². The molecule has 0 saturated heterocycles. The Hall–Kier alpha value is -2.18. The maximum absolute atomic E-state index is 5.99. The van der Waals surface area contributed by atoms with Crippen LogP contribution in [0.3, 0.4) is 0 Å². The van der Waals surface area contributed by atoms with Gasteiger partial charge in [0.1, 0.15) is 18.1 Å². The highest BCUT2D eigenvalue weighted by Crippen LogP contribution is 2.23. The van der Waals surface area contributed by atoms with Gasteiger partial charge in [-0.2, -0.15) is 0 Å². The summed E-state index contributed by atoms with van der Waals surface area (Å²) in [4.78, 5) is 4.60. The van der Waals surface area contributed by atoms with E-state index in [0.29, 0.717) is 24.8 Å². The summed E-state index contributed by atoms with van der Waals surface area (Å²) >= 11 is 5.99. The molecule has 0 aliphatic heterocycles. The summed E-state index contributed by atoms with van der Waals surface area (Å²) in [6.45, 7) is 5.24. The Morgan fingerprint density at radius 1 is 1.27 bits per heavy atom. The van der Waals surface area contributed by atoms with Crippen LogP contribution in [0.15, 0.2) is 46.0 Å². The summed E-state index contributed by atoms with van der Waals surface area (Å²) in [6.07, 6.45) is 2.52. The van der Waals surface area contributed by atoms with Crippen molar-refractivity contribution < 1.29 is 13.9 Å². The molecule has 0 fully saturated rings. The van der Waals surface area contributed by atoms with Crippen molar-refractivity contribution in [2.24, 2.45) is 4.99 Å². The van der Waals surface area contributed by atoms with Gasteiger partial charge in [-0.1, -0.05) is 17.7 Å². The molecule has 1 heterocycles. The number of rotatable bonds is 10. The first-order valence-electron chi connectivity index (χ1n) is 8.67. The van der Waals surface area contributed by atoms with Crippen LogP contribution in [-0.4, -0.2) is 32.8 Å². The Balaban J connectivity index is 1.75. The number of aliphatic imine (C=N–C) groups is 1. The fourth-order valence-electron chi connectivity index (χ4n) is 2.30. The molecule has 0 bridgehead atoms. The fraction of sp³-hybridized carbons (Fsp3) is 0.421. The second kappa shape index (κ2) is 11.4. The highest BCUT2D eigenvalue weighted by molar-refractivity contribution is 6.30. The van der Waals surface area contributed by atoms with E-state index >= 15 is 0 Å². The summed E-state index contributed by atoms with van der Waals surface area (Å²) in [6, 6.07) is 9.32. The summed E-state index contributed by atoms with van der Waals surface area (Å²) < 4.78 is 16.1. The molecule has 2 N–H and O–H groups in total. The predicted molar refractivity (Wildman–Crippen MR) is 104 cm³/mol. The Morgan fingerprint density at radius 2 is 2.15 bits per heavy atom. The average Bonchev–Trinajstić information content (AvgIpc) is 3.16. The van der Waals surface area contributed by atoms with E-state index in [-0.39, 0.29) is 0 Å². The van der Waals surface area contributed by atoms with Crippen LogP contribution in [0.1, 0.15) is 24.7 Å². The van der Waals surface area contributed by atoms with Crippen molar-refractivity contribution in [2.75, 3.05) is 26.8 Å². The van der Waals surface area contributed by atoms with Crippen molar-refractivity contribution in [2.45, 2.75) is 26.5 Å². The number of ether oxygens (including phenoxy) is 2. The van der Waals surface area contributed by atoms with Crippen molar-refractivity contribution in [3.63, 3.8) is 0 Å². The van der Waals surface area contributed by atoms with E-state index in [4.69, 9.17) is 25.5 Å². The van der Waals surface area contributed by atoms with E-state index in [0.717, 1.165) is 42.5 Å². The zero-order valence-corrected chi connectivity index (χ0v) is 16.0. The summed E-state index contributed by atoms with van der Waals surface area (Å²) in [5.74, 6) is 2.34. The first kappa shape index (κ1) is 20.1. The third kappa shape index (κ3) is 6.98. The Morgan fingerprint density at radius 3 is 2.88 bits per heavy atom. The molecule has 0 aliphatic carbocycles. The smallest absolute Gasteiger partial charge is 0.191 e. The van der Waals surface area contributed by atoms with E-state index < -0.39 is 0 Å². The van der Waals surface area contributed by atoms with Crippen molar-refractivity contribution in [3.8, 4) is 5.75 Å². The molecule has 2 aromatic rings. The van der Waals surface area contributed by atoms with E-state index in [1.807, 2.05) is 31.2 Å². The molecule has 142 valence electrons. The van der Waals surface area contributed by atoms with Crippen LogP contribution in [0.4, 0.5) is 0 Å². The second-order valence-corrected chi connectivity index (χ2v) is 6.00. The van der Waals surface area contributed by atoms with Gasteiger partial charge in [-0.25, -0.2) is 4.99 Å². The van der Waals surface area contributed by atoms with E-state index in [1.54, 1.807) is 19.4 Å². The molecule has 0 radical (unpaired) electrons. The van der Waals surface area contributed by atoms with E-state index in [9.17, 15) is 0 Å². The minimum Gasteiger partial charge on any atom is -0.496 e. The first-order chi connectivity index (χ1) is 12.7. The highest BCUT2D eigenvalue weighted by atomic mass is 35.5. The van der Waals surface area contributed by atoms with Crippen LogP contribution >= 0.6 is 11.6 Å². The first-order valence-corrected chi connectivity index (χ1v) is 9.05. The average molecular weight is 380 g/mol. The molecule has 0 saturated carbocycles. The molecule has 1 aromatic carbocycles. The number of nitrogens with one attached hydrogen (secondary N) is 2. The van der Waals surface area contributed by atoms with Crippen LogP contribution < -0.4 is 15.4 Å². The van der Waals surface area contributed by atoms with Crippen molar-refractivity contribution in [1.29, 1.82) is 0 Å². The minimum absolute atomic E-state index is 0.498. The van der Waals surface area contributed by atoms with Gasteiger partial charge < -0.3 is 24.5 Å². The number of hydrogen-bond donors (Lipinski definition) is 2. The Labute approximate surface area is 159 Å². The summed E-state index contributed by atoms with van der Waals surface area (Å²) in [7, 11) is 1.63. The molecule has 1 aromatic heterocycles. The SMILES string of the molecule is CCNC(=NCc1ccc(Cl)cc1OC)NCCCOCc1ccco1. The van der Waals surface area contributed by atoms with Gasteiger partial charge in [0.05, 0.1) is 19.9 Å². The standard InChI is InChI=1S/C19H26ClN3O3/c1-3-21-19(22-9-5-10-25-14-17-6-4-11-26-17)23-13-15-7-8-16(20)12-18(15)24-2/h4,6-8,11-12H,3,5,9-10,13-14H2,1-2H3,(H2,21,22,23). The van der Waals surface area contributed by atoms with Gasteiger partial charge in [0.25, 0.3) is 0 Å². The largest absolute Gasteiger partial charge is 0.496 e. The van der Waals surface area contributed by atoms with Gasteiger partial charge in [0.15, 0.2) is 5.96 Å². The molecule has 6 nitrogen and oxygen atoms in total. The summed E-state index contributed by atoms with van der Waals surface area (Å²) in [5.41, 5.74) is 0.982. The fourth-order valence-corrected chi connectivity index (χ4v) is 2.47. The highest BCUT2D eigenvalue weighted by Gasteiger charge is 2.04. The number of nitrogens with zero attached hydrogens (tertiary/aromatic N) is 1. The number of guanidine groups is 1. The second-order valence-electron chi connectivity index (χ2n) is 5.56. The molecule has 0 spiro atoms. The molecule has 7 heteroatoms. The van der Waals surface area contributed by atoms with Gasteiger partial charge in [0, 0.05) is 30.3 Å². The summed E-state index contributed by atoms with van der Waals surface area (Å²) in [5, 5.41) is 7.18. The van der Waals surface area contributed by atoms with Gasteiger partial charge in [0.2, 0.25) is 0 Å². The Kier molecular flexibility index (Phi) is 8.86. The molecule has 0 atom stereocenters. The van der Waals surface area contributed by atoms with Crippen LogP contribution in [0.5, 0.6) is 5.75 Å². The molecule has 26 heavy (non-hydrogen) atoms. The van der Waals surface area contributed by atoms with Gasteiger partial charge >= 0.3 is 0 Å². The lowest BCUT2D eigenvalue weighted by molar-refractivity contribution is 0.105. The maximum Gasteiger partial charge on any atom is 0.191 e. The van der Waals surface area contributed by atoms with Crippen molar-refractivity contribution >= 4 is 17.6 Å². The number of halogens is 1. The lowest BCUT2D eigenvalue weighted by Gasteiger charge is -2.12. The molecule has 0 amide bonds. The predicted octanol–water partition coefficient (Wildman–Crippen LogP) is 3.60. The zero-order valence-electron chi connectivity index (χ0n) is 15.3. The zero-order chi connectivity index (χ0) is 18.6.